The second-order valence-corrected chi connectivity index (χ2v) is 4.76. The van der Waals surface area contributed by atoms with E-state index in [0.717, 1.165) is 26.2 Å². The van der Waals surface area contributed by atoms with Crippen molar-refractivity contribution in [2.24, 2.45) is 5.73 Å². The maximum Gasteiger partial charge on any atom is 0.236 e. The Bertz CT molecular complexity index is 307. The third-order valence-corrected chi connectivity index (χ3v) is 3.56. The highest BCUT2D eigenvalue weighted by Crippen LogP contribution is 2.04. The largest absolute Gasteiger partial charge is 0.342 e. The Morgan fingerprint density at radius 3 is 2.00 bits per heavy atom. The van der Waals surface area contributed by atoms with E-state index in [4.69, 9.17) is 5.73 Å². The average molecular weight is 343 g/mol. The van der Waals surface area contributed by atoms with Gasteiger partial charge < -0.3 is 15.5 Å². The van der Waals surface area contributed by atoms with E-state index in [2.05, 4.69) is 4.90 Å². The SMILES string of the molecule is CCN(CC)C(=O)CN1CCN(C(=O)CCN)CC1.Cl.Cl. The van der Waals surface area contributed by atoms with Crippen LogP contribution in [0, 0.1) is 0 Å². The molecule has 0 aromatic heterocycles. The lowest BCUT2D eigenvalue weighted by Crippen LogP contribution is -2.51. The van der Waals surface area contributed by atoms with Crippen LogP contribution in [-0.4, -0.2) is 78.9 Å². The quantitative estimate of drug-likeness (QED) is 0.748. The van der Waals surface area contributed by atoms with Gasteiger partial charge in [-0.1, -0.05) is 0 Å². The zero-order valence-corrected chi connectivity index (χ0v) is 14.5. The van der Waals surface area contributed by atoms with Crippen LogP contribution in [0.3, 0.4) is 0 Å². The van der Waals surface area contributed by atoms with E-state index >= 15 is 0 Å². The average Bonchev–Trinajstić information content (AvgIpc) is 2.41. The van der Waals surface area contributed by atoms with Crippen molar-refractivity contribution in [1.29, 1.82) is 0 Å². The van der Waals surface area contributed by atoms with E-state index in [-0.39, 0.29) is 36.6 Å². The number of nitrogens with two attached hydrogens (primary N) is 1. The minimum atomic E-state index is 0. The summed E-state index contributed by atoms with van der Waals surface area (Å²) >= 11 is 0. The van der Waals surface area contributed by atoms with Crippen molar-refractivity contribution in [3.8, 4) is 0 Å². The molecular formula is C13H28Cl2N4O2. The van der Waals surface area contributed by atoms with Crippen LogP contribution >= 0.6 is 24.8 Å². The van der Waals surface area contributed by atoms with E-state index in [9.17, 15) is 9.59 Å². The predicted octanol–water partition coefficient (Wildman–Crippen LogP) is 0.191. The summed E-state index contributed by atoms with van der Waals surface area (Å²) in [5.74, 6) is 0.295. The maximum absolute atomic E-state index is 12.0. The highest BCUT2D eigenvalue weighted by Gasteiger charge is 2.22. The summed E-state index contributed by atoms with van der Waals surface area (Å²) in [6.07, 6.45) is 0.415. The molecule has 21 heavy (non-hydrogen) atoms. The molecular weight excluding hydrogens is 315 g/mol. The van der Waals surface area contributed by atoms with Gasteiger partial charge in [0.15, 0.2) is 0 Å². The highest BCUT2D eigenvalue weighted by atomic mass is 35.5. The fraction of sp³-hybridized carbons (Fsp3) is 0.846. The first kappa shape index (κ1) is 22.7. The Hall–Kier alpha value is -0.560. The van der Waals surface area contributed by atoms with Crippen molar-refractivity contribution < 1.29 is 9.59 Å². The van der Waals surface area contributed by atoms with Gasteiger partial charge in [0.1, 0.15) is 0 Å². The Kier molecular flexibility index (Phi) is 13.0. The van der Waals surface area contributed by atoms with Crippen LogP contribution in [0.25, 0.3) is 0 Å². The van der Waals surface area contributed by atoms with Crippen LogP contribution < -0.4 is 5.73 Å². The lowest BCUT2D eigenvalue weighted by molar-refractivity contribution is -0.134. The summed E-state index contributed by atoms with van der Waals surface area (Å²) < 4.78 is 0. The van der Waals surface area contributed by atoms with E-state index < -0.39 is 0 Å². The number of carbonyl (C=O) groups is 2. The van der Waals surface area contributed by atoms with Gasteiger partial charge in [0.2, 0.25) is 11.8 Å². The molecule has 1 heterocycles. The predicted molar refractivity (Wildman–Crippen MR) is 89.1 cm³/mol. The lowest BCUT2D eigenvalue weighted by atomic mass is 10.2. The van der Waals surface area contributed by atoms with Crippen LogP contribution in [0.1, 0.15) is 20.3 Å². The van der Waals surface area contributed by atoms with Gasteiger partial charge in [-0.2, -0.15) is 0 Å². The van der Waals surface area contributed by atoms with Crippen LogP contribution in [0.15, 0.2) is 0 Å². The van der Waals surface area contributed by atoms with Gasteiger partial charge in [0.25, 0.3) is 0 Å². The summed E-state index contributed by atoms with van der Waals surface area (Å²) in [7, 11) is 0. The fourth-order valence-corrected chi connectivity index (χ4v) is 2.30. The zero-order valence-electron chi connectivity index (χ0n) is 12.9. The Morgan fingerprint density at radius 2 is 1.57 bits per heavy atom. The summed E-state index contributed by atoms with van der Waals surface area (Å²) in [4.78, 5) is 29.5. The molecule has 0 spiro atoms. The first-order valence-electron chi connectivity index (χ1n) is 7.10. The van der Waals surface area contributed by atoms with Gasteiger partial charge in [-0.15, -0.1) is 24.8 Å². The molecule has 1 fully saturated rings. The van der Waals surface area contributed by atoms with Gasteiger partial charge >= 0.3 is 0 Å². The molecule has 0 radical (unpaired) electrons. The zero-order chi connectivity index (χ0) is 14.3. The second-order valence-electron chi connectivity index (χ2n) is 4.76. The van der Waals surface area contributed by atoms with E-state index in [0.29, 0.717) is 32.6 Å². The third-order valence-electron chi connectivity index (χ3n) is 3.56. The molecule has 0 aromatic rings. The topological polar surface area (TPSA) is 69.9 Å². The van der Waals surface area contributed by atoms with Gasteiger partial charge in [0.05, 0.1) is 6.54 Å². The molecule has 1 saturated heterocycles. The van der Waals surface area contributed by atoms with E-state index in [1.165, 1.54) is 0 Å². The van der Waals surface area contributed by atoms with Crippen LogP contribution in [0.2, 0.25) is 0 Å². The van der Waals surface area contributed by atoms with Gasteiger partial charge in [-0.05, 0) is 13.8 Å². The number of amides is 2. The number of hydrogen-bond acceptors (Lipinski definition) is 4. The first-order chi connectivity index (χ1) is 9.12. The normalized spacial score (nSPS) is 14.9. The molecule has 0 unspecified atom stereocenters. The number of hydrogen-bond donors (Lipinski definition) is 1. The van der Waals surface area contributed by atoms with Crippen molar-refractivity contribution in [2.75, 3.05) is 52.4 Å². The molecule has 0 saturated carbocycles. The Balaban J connectivity index is 0. The minimum Gasteiger partial charge on any atom is -0.342 e. The van der Waals surface area contributed by atoms with E-state index in [1.807, 2.05) is 23.6 Å². The number of halogens is 2. The molecule has 1 rings (SSSR count). The minimum absolute atomic E-state index is 0. The molecule has 1 aliphatic rings. The van der Waals surface area contributed by atoms with Crippen molar-refractivity contribution in [1.82, 2.24) is 14.7 Å². The van der Waals surface area contributed by atoms with Crippen LogP contribution in [0.5, 0.6) is 0 Å². The summed E-state index contributed by atoms with van der Waals surface area (Å²) in [5.41, 5.74) is 5.39. The second kappa shape index (κ2) is 12.0. The molecule has 1 aliphatic heterocycles. The molecule has 126 valence electrons. The van der Waals surface area contributed by atoms with Gasteiger partial charge in [0, 0.05) is 52.2 Å². The standard InChI is InChI=1S/C13H26N4O2.2ClH/c1-3-16(4-2)13(19)11-15-7-9-17(10-8-15)12(18)5-6-14;;/h3-11,14H2,1-2H3;2*1H. The molecule has 2 amide bonds. The maximum atomic E-state index is 12.0. The third kappa shape index (κ3) is 7.31. The summed E-state index contributed by atoms with van der Waals surface area (Å²) in [6.45, 7) is 9.28. The number of nitrogens with zero attached hydrogens (tertiary/aromatic N) is 3. The Morgan fingerprint density at radius 1 is 1.05 bits per heavy atom. The van der Waals surface area contributed by atoms with Crippen molar-refractivity contribution in [3.63, 3.8) is 0 Å². The monoisotopic (exact) mass is 342 g/mol. The van der Waals surface area contributed by atoms with Gasteiger partial charge in [-0.25, -0.2) is 0 Å². The van der Waals surface area contributed by atoms with Crippen molar-refractivity contribution in [3.05, 3.63) is 0 Å². The van der Waals surface area contributed by atoms with Crippen molar-refractivity contribution in [2.45, 2.75) is 20.3 Å². The van der Waals surface area contributed by atoms with Crippen LogP contribution in [-0.2, 0) is 9.59 Å². The molecule has 6 nitrogen and oxygen atoms in total. The lowest BCUT2D eigenvalue weighted by Gasteiger charge is -2.35. The molecule has 0 aromatic carbocycles. The fourth-order valence-electron chi connectivity index (χ4n) is 2.30. The Labute approximate surface area is 139 Å². The van der Waals surface area contributed by atoms with Crippen LogP contribution in [0.4, 0.5) is 0 Å². The number of rotatable bonds is 6. The van der Waals surface area contributed by atoms with E-state index in [1.54, 1.807) is 0 Å². The molecule has 0 bridgehead atoms. The molecule has 2 N–H and O–H groups in total. The molecule has 0 aliphatic carbocycles. The summed E-state index contributed by atoms with van der Waals surface area (Å²) in [6, 6.07) is 0. The number of piperazine rings is 1. The highest BCUT2D eigenvalue weighted by molar-refractivity contribution is 5.85. The molecule has 0 atom stereocenters. The smallest absolute Gasteiger partial charge is 0.236 e. The van der Waals surface area contributed by atoms with Gasteiger partial charge in [-0.3, -0.25) is 14.5 Å². The summed E-state index contributed by atoms with van der Waals surface area (Å²) in [5, 5.41) is 0. The van der Waals surface area contributed by atoms with Crippen molar-refractivity contribution >= 4 is 36.6 Å². The number of carbonyl (C=O) groups excluding carboxylic acids is 2. The number of likely N-dealkylation sites (N-methyl/N-ethyl adjacent to an activating group) is 1. The first-order valence-corrected chi connectivity index (χ1v) is 7.10. The molecule has 8 heteroatoms.